The maximum Gasteiger partial charge on any atom is 0.123 e. The highest BCUT2D eigenvalue weighted by Crippen LogP contribution is 2.31. The van der Waals surface area contributed by atoms with Crippen molar-refractivity contribution in [2.75, 3.05) is 6.54 Å². The molecule has 0 saturated carbocycles. The van der Waals surface area contributed by atoms with Crippen LogP contribution in [0.25, 0.3) is 0 Å². The molecule has 1 N–H and O–H groups in total. The fourth-order valence-corrected chi connectivity index (χ4v) is 3.04. The summed E-state index contributed by atoms with van der Waals surface area (Å²) >= 11 is 0. The van der Waals surface area contributed by atoms with Crippen LogP contribution < -0.4 is 10.1 Å². The zero-order chi connectivity index (χ0) is 14.4. The Morgan fingerprint density at radius 1 is 1.25 bits per heavy atom. The molecule has 2 rings (SSSR count). The quantitative estimate of drug-likeness (QED) is 0.766. The van der Waals surface area contributed by atoms with Crippen LogP contribution in [-0.2, 0) is 6.42 Å². The highest BCUT2D eigenvalue weighted by atomic mass is 16.5. The molecule has 0 saturated heterocycles. The van der Waals surface area contributed by atoms with Crippen LogP contribution in [0.3, 0.4) is 0 Å². The Bertz CT molecular complexity index is 416. The second kappa shape index (κ2) is 7.68. The lowest BCUT2D eigenvalue weighted by molar-refractivity contribution is 0.209. The largest absolute Gasteiger partial charge is 0.490 e. The second-order valence-corrected chi connectivity index (χ2v) is 6.07. The number of ether oxygens (including phenoxy) is 1. The van der Waals surface area contributed by atoms with Gasteiger partial charge >= 0.3 is 0 Å². The molecule has 0 aliphatic carbocycles. The molecule has 0 radical (unpaired) electrons. The summed E-state index contributed by atoms with van der Waals surface area (Å²) in [4.78, 5) is 0. The van der Waals surface area contributed by atoms with Crippen LogP contribution in [0.1, 0.15) is 57.1 Å². The Morgan fingerprint density at radius 3 is 2.85 bits per heavy atom. The number of fused-ring (bicyclic) bond motifs is 1. The van der Waals surface area contributed by atoms with Gasteiger partial charge in [-0.05, 0) is 50.8 Å². The Kier molecular flexibility index (Phi) is 5.90. The zero-order valence-corrected chi connectivity index (χ0v) is 13.2. The molecule has 2 unspecified atom stereocenters. The van der Waals surface area contributed by atoms with Crippen molar-refractivity contribution in [1.82, 2.24) is 5.32 Å². The summed E-state index contributed by atoms with van der Waals surface area (Å²) in [5, 5.41) is 3.67. The summed E-state index contributed by atoms with van der Waals surface area (Å²) in [7, 11) is 0. The van der Waals surface area contributed by atoms with Crippen molar-refractivity contribution < 1.29 is 4.74 Å². The molecule has 1 aromatic rings. The van der Waals surface area contributed by atoms with Crippen LogP contribution in [-0.4, -0.2) is 18.7 Å². The zero-order valence-electron chi connectivity index (χ0n) is 13.2. The van der Waals surface area contributed by atoms with Crippen molar-refractivity contribution in [3.63, 3.8) is 0 Å². The highest BCUT2D eigenvalue weighted by molar-refractivity contribution is 5.40. The van der Waals surface area contributed by atoms with E-state index in [1.807, 2.05) is 0 Å². The van der Waals surface area contributed by atoms with Crippen LogP contribution in [0.2, 0.25) is 0 Å². The average Bonchev–Trinajstić information content (AvgIpc) is 2.83. The van der Waals surface area contributed by atoms with Gasteiger partial charge in [-0.1, -0.05) is 38.0 Å². The Labute approximate surface area is 123 Å². The lowest BCUT2D eigenvalue weighted by Crippen LogP contribution is -2.31. The lowest BCUT2D eigenvalue weighted by atomic mass is 10.0. The van der Waals surface area contributed by atoms with Crippen molar-refractivity contribution in [1.29, 1.82) is 0 Å². The number of benzene rings is 1. The molecule has 1 heterocycles. The molecular formula is C18H29NO. The lowest BCUT2D eigenvalue weighted by Gasteiger charge is -2.19. The smallest absolute Gasteiger partial charge is 0.123 e. The van der Waals surface area contributed by atoms with Crippen LogP contribution >= 0.6 is 0 Å². The van der Waals surface area contributed by atoms with Gasteiger partial charge < -0.3 is 10.1 Å². The minimum atomic E-state index is 0.384. The van der Waals surface area contributed by atoms with Gasteiger partial charge in [-0.15, -0.1) is 0 Å². The maximum absolute atomic E-state index is 6.07. The van der Waals surface area contributed by atoms with E-state index in [-0.39, 0.29) is 0 Å². The van der Waals surface area contributed by atoms with E-state index in [0.29, 0.717) is 12.1 Å². The van der Waals surface area contributed by atoms with E-state index in [9.17, 15) is 0 Å². The molecule has 0 bridgehead atoms. The molecular weight excluding hydrogens is 246 g/mol. The summed E-state index contributed by atoms with van der Waals surface area (Å²) in [6, 6.07) is 7.20. The first-order valence-corrected chi connectivity index (χ1v) is 8.22. The van der Waals surface area contributed by atoms with E-state index >= 15 is 0 Å². The van der Waals surface area contributed by atoms with Gasteiger partial charge in [0.15, 0.2) is 0 Å². The van der Waals surface area contributed by atoms with E-state index in [2.05, 4.69) is 44.3 Å². The van der Waals surface area contributed by atoms with Crippen molar-refractivity contribution in [2.45, 2.75) is 71.4 Å². The summed E-state index contributed by atoms with van der Waals surface area (Å²) in [6.07, 6.45) is 7.61. The third-order valence-electron chi connectivity index (χ3n) is 4.11. The minimum absolute atomic E-state index is 0.384. The van der Waals surface area contributed by atoms with Gasteiger partial charge in [-0.2, -0.15) is 0 Å². The van der Waals surface area contributed by atoms with Gasteiger partial charge in [0.1, 0.15) is 11.9 Å². The molecule has 2 heteroatoms. The van der Waals surface area contributed by atoms with Gasteiger partial charge in [-0.25, -0.2) is 0 Å². The third-order valence-corrected chi connectivity index (χ3v) is 4.11. The summed E-state index contributed by atoms with van der Waals surface area (Å²) in [5.41, 5.74) is 2.73. The number of hydrogen-bond acceptors (Lipinski definition) is 2. The fraction of sp³-hybridized carbons (Fsp3) is 0.667. The SMILES string of the molecule is CCCNC(CCC)CCC1Cc2cc(C)ccc2O1. The standard InChI is InChI=1S/C18H29NO/c1-4-6-16(19-11-5-2)8-9-17-13-15-12-14(3)7-10-18(15)20-17/h7,10,12,16-17,19H,4-6,8-9,11,13H2,1-3H3. The van der Waals surface area contributed by atoms with Crippen LogP contribution in [0.4, 0.5) is 0 Å². The first-order chi connectivity index (χ1) is 9.72. The fourth-order valence-electron chi connectivity index (χ4n) is 3.04. The topological polar surface area (TPSA) is 21.3 Å². The van der Waals surface area contributed by atoms with Crippen molar-refractivity contribution in [2.24, 2.45) is 0 Å². The monoisotopic (exact) mass is 275 g/mol. The molecule has 0 amide bonds. The number of aryl methyl sites for hydroxylation is 1. The summed E-state index contributed by atoms with van der Waals surface area (Å²) in [5.74, 6) is 1.11. The summed E-state index contributed by atoms with van der Waals surface area (Å²) < 4.78 is 6.07. The molecule has 2 nitrogen and oxygen atoms in total. The van der Waals surface area contributed by atoms with Crippen molar-refractivity contribution in [3.05, 3.63) is 29.3 Å². The van der Waals surface area contributed by atoms with Gasteiger partial charge in [-0.3, -0.25) is 0 Å². The predicted octanol–water partition coefficient (Wildman–Crippen LogP) is 4.25. The molecule has 2 atom stereocenters. The minimum Gasteiger partial charge on any atom is -0.490 e. The van der Waals surface area contributed by atoms with Gasteiger partial charge in [0.05, 0.1) is 0 Å². The normalized spacial score (nSPS) is 18.6. The number of rotatable bonds is 8. The van der Waals surface area contributed by atoms with Crippen molar-refractivity contribution in [3.8, 4) is 5.75 Å². The number of nitrogens with one attached hydrogen (secondary N) is 1. The molecule has 1 aliphatic heterocycles. The molecule has 0 spiro atoms. The van der Waals surface area contributed by atoms with Crippen LogP contribution in [0, 0.1) is 6.92 Å². The summed E-state index contributed by atoms with van der Waals surface area (Å²) in [6.45, 7) is 7.79. The predicted molar refractivity (Wildman–Crippen MR) is 85.5 cm³/mol. The Balaban J connectivity index is 1.80. The first kappa shape index (κ1) is 15.4. The Hall–Kier alpha value is -1.02. The van der Waals surface area contributed by atoms with E-state index < -0.39 is 0 Å². The van der Waals surface area contributed by atoms with E-state index in [4.69, 9.17) is 4.74 Å². The van der Waals surface area contributed by atoms with Crippen LogP contribution in [0.5, 0.6) is 5.75 Å². The Morgan fingerprint density at radius 2 is 2.10 bits per heavy atom. The third kappa shape index (κ3) is 4.24. The van der Waals surface area contributed by atoms with E-state index in [1.165, 1.54) is 36.8 Å². The van der Waals surface area contributed by atoms with Crippen molar-refractivity contribution >= 4 is 0 Å². The van der Waals surface area contributed by atoms with Gasteiger partial charge in [0.2, 0.25) is 0 Å². The van der Waals surface area contributed by atoms with Gasteiger partial charge in [0, 0.05) is 12.5 Å². The van der Waals surface area contributed by atoms with Gasteiger partial charge in [0.25, 0.3) is 0 Å². The average molecular weight is 275 g/mol. The second-order valence-electron chi connectivity index (χ2n) is 6.07. The van der Waals surface area contributed by atoms with E-state index in [1.54, 1.807) is 0 Å². The molecule has 0 aromatic heterocycles. The molecule has 1 aromatic carbocycles. The molecule has 112 valence electrons. The first-order valence-electron chi connectivity index (χ1n) is 8.22. The van der Waals surface area contributed by atoms with Crippen LogP contribution in [0.15, 0.2) is 18.2 Å². The highest BCUT2D eigenvalue weighted by Gasteiger charge is 2.23. The molecule has 20 heavy (non-hydrogen) atoms. The van der Waals surface area contributed by atoms with E-state index in [0.717, 1.165) is 25.1 Å². The molecule has 0 fully saturated rings. The molecule has 1 aliphatic rings. The maximum atomic E-state index is 6.07. The number of hydrogen-bond donors (Lipinski definition) is 1.